The maximum Gasteiger partial charge on any atom is 0.207 e. The Labute approximate surface area is 363 Å². The molecule has 2 bridgehead atoms. The molecule has 12 rings (SSSR count). The summed E-state index contributed by atoms with van der Waals surface area (Å²) in [5, 5.41) is 4.43. The fourth-order valence-electron chi connectivity index (χ4n) is 12.4. The maximum absolute atomic E-state index is 15.1. The van der Waals surface area contributed by atoms with E-state index >= 15 is 8.42 Å². The minimum absolute atomic E-state index is 0.332. The summed E-state index contributed by atoms with van der Waals surface area (Å²) in [5.74, 6) is 2.00. The smallest absolute Gasteiger partial charge is 0.207 e. The molecular formula is C57H47NO3S. The third-order valence-electron chi connectivity index (χ3n) is 14.7. The van der Waals surface area contributed by atoms with Crippen LogP contribution in [0.4, 0.5) is 17.1 Å². The van der Waals surface area contributed by atoms with Gasteiger partial charge in [-0.3, -0.25) is 0 Å². The van der Waals surface area contributed by atoms with Gasteiger partial charge in [-0.15, -0.1) is 0 Å². The van der Waals surface area contributed by atoms with Gasteiger partial charge in [0.05, 0.1) is 15.5 Å². The zero-order chi connectivity index (χ0) is 41.7. The number of hydrogen-bond acceptors (Lipinski definition) is 4. The number of sulfone groups is 1. The Bertz CT molecular complexity index is 3310. The van der Waals surface area contributed by atoms with Crippen LogP contribution in [0.1, 0.15) is 50.7 Å². The van der Waals surface area contributed by atoms with Crippen LogP contribution < -0.4 is 4.90 Å². The first-order chi connectivity index (χ1) is 30.3. The van der Waals surface area contributed by atoms with E-state index in [-0.39, 0.29) is 5.41 Å². The third-order valence-corrected chi connectivity index (χ3v) is 16.5. The van der Waals surface area contributed by atoms with Crippen LogP contribution in [0, 0.1) is 23.7 Å². The first kappa shape index (κ1) is 37.3. The fourth-order valence-corrected chi connectivity index (χ4v) is 14.2. The quantitative estimate of drug-likeness (QED) is 0.173. The van der Waals surface area contributed by atoms with Crippen molar-refractivity contribution in [2.24, 2.45) is 23.7 Å². The molecule has 0 amide bonds. The van der Waals surface area contributed by atoms with Gasteiger partial charge in [-0.05, 0) is 137 Å². The van der Waals surface area contributed by atoms with E-state index in [2.05, 4.69) is 158 Å². The minimum atomic E-state index is -3.83. The summed E-state index contributed by atoms with van der Waals surface area (Å²) in [4.78, 5) is 3.21. The molecule has 1 aliphatic heterocycles. The average molecular weight is 826 g/mol. The fraction of sp³-hybridized carbons (Fsp3) is 0.193. The lowest BCUT2D eigenvalue weighted by atomic mass is 9.46. The Balaban J connectivity index is 1.03. The normalized spacial score (nSPS) is 22.4. The van der Waals surface area contributed by atoms with E-state index in [4.69, 9.17) is 4.42 Å². The van der Waals surface area contributed by atoms with Crippen LogP contribution in [0.2, 0.25) is 0 Å². The number of para-hydroxylation sites is 1. The Hall–Kier alpha value is -6.43. The van der Waals surface area contributed by atoms with Crippen molar-refractivity contribution in [3.63, 3.8) is 0 Å². The van der Waals surface area contributed by atoms with E-state index in [9.17, 15) is 0 Å². The topological polar surface area (TPSA) is 50.5 Å². The van der Waals surface area contributed by atoms with Gasteiger partial charge >= 0.3 is 0 Å². The lowest BCUT2D eigenvalue weighted by Gasteiger charge is -2.59. The first-order valence-electron chi connectivity index (χ1n) is 22.2. The van der Waals surface area contributed by atoms with Crippen LogP contribution in [0.3, 0.4) is 0 Å². The molecule has 0 unspecified atom stereocenters. The van der Waals surface area contributed by atoms with Crippen LogP contribution in [0.25, 0.3) is 55.0 Å². The molecule has 62 heavy (non-hydrogen) atoms. The van der Waals surface area contributed by atoms with Crippen molar-refractivity contribution in [3.05, 3.63) is 187 Å². The van der Waals surface area contributed by atoms with E-state index in [1.165, 1.54) is 0 Å². The lowest BCUT2D eigenvalue weighted by molar-refractivity contribution is 0.0231. The third kappa shape index (κ3) is 5.47. The van der Waals surface area contributed by atoms with E-state index < -0.39 is 9.84 Å². The van der Waals surface area contributed by atoms with Crippen LogP contribution in [0.5, 0.6) is 0 Å². The van der Waals surface area contributed by atoms with Crippen molar-refractivity contribution in [1.82, 2.24) is 0 Å². The highest BCUT2D eigenvalue weighted by Gasteiger charge is 2.59. The Kier molecular flexibility index (Phi) is 8.46. The number of furan rings is 1. The molecule has 5 heteroatoms. The second kappa shape index (κ2) is 14.1. The summed E-state index contributed by atoms with van der Waals surface area (Å²) >= 11 is 0. The van der Waals surface area contributed by atoms with Gasteiger partial charge < -0.3 is 9.32 Å². The Morgan fingerprint density at radius 3 is 1.89 bits per heavy atom. The summed E-state index contributed by atoms with van der Waals surface area (Å²) in [6, 6.07) is 61.1. The first-order valence-corrected chi connectivity index (χ1v) is 23.7. The van der Waals surface area contributed by atoms with Crippen molar-refractivity contribution >= 4 is 59.6 Å². The molecule has 0 N–H and O–H groups in total. The van der Waals surface area contributed by atoms with Gasteiger partial charge in [-0.1, -0.05) is 141 Å². The van der Waals surface area contributed by atoms with Gasteiger partial charge in [0.15, 0.2) is 0 Å². The second-order valence-electron chi connectivity index (χ2n) is 18.3. The molecule has 0 radical (unpaired) electrons. The average Bonchev–Trinajstić information content (AvgIpc) is 3.68. The van der Waals surface area contributed by atoms with Gasteiger partial charge in [-0.2, -0.15) is 0 Å². The van der Waals surface area contributed by atoms with Crippen LogP contribution >= 0.6 is 0 Å². The van der Waals surface area contributed by atoms with Crippen LogP contribution in [-0.4, -0.2) is 8.42 Å². The number of benzene rings is 8. The van der Waals surface area contributed by atoms with Gasteiger partial charge in [0, 0.05) is 32.9 Å². The Morgan fingerprint density at radius 2 is 1.10 bits per heavy atom. The van der Waals surface area contributed by atoms with Crippen molar-refractivity contribution in [2.75, 3.05) is 4.90 Å². The number of rotatable bonds is 5. The zero-order valence-corrected chi connectivity index (χ0v) is 35.8. The lowest BCUT2D eigenvalue weighted by Crippen LogP contribution is -2.54. The van der Waals surface area contributed by atoms with Crippen LogP contribution in [-0.2, 0) is 15.3 Å². The molecule has 4 nitrogen and oxygen atoms in total. The molecule has 3 aliphatic rings. The number of nitrogens with zero attached hydrogens (tertiary/aromatic N) is 1. The summed E-state index contributed by atoms with van der Waals surface area (Å²) in [6.07, 6.45) is 4.45. The summed E-state index contributed by atoms with van der Waals surface area (Å²) in [7, 11) is -3.83. The molecule has 9 aromatic rings. The highest BCUT2D eigenvalue weighted by molar-refractivity contribution is 7.91. The van der Waals surface area contributed by atoms with E-state index in [0.29, 0.717) is 33.5 Å². The molecule has 0 atom stereocenters. The summed E-state index contributed by atoms with van der Waals surface area (Å²) in [5.41, 5.74) is 10.7. The molecule has 304 valence electrons. The maximum atomic E-state index is 15.1. The molecule has 2 aliphatic carbocycles. The summed E-state index contributed by atoms with van der Waals surface area (Å²) < 4.78 is 36.5. The van der Waals surface area contributed by atoms with E-state index in [1.54, 1.807) is 0 Å². The van der Waals surface area contributed by atoms with Crippen LogP contribution in [0.15, 0.2) is 190 Å². The van der Waals surface area contributed by atoms with Crippen molar-refractivity contribution in [2.45, 2.75) is 54.7 Å². The highest BCUT2D eigenvalue weighted by Crippen LogP contribution is 2.64. The largest absolute Gasteiger partial charge is 0.456 e. The predicted octanol–water partition coefficient (Wildman–Crippen LogP) is 15.1. The molecule has 0 saturated heterocycles. The van der Waals surface area contributed by atoms with E-state index in [1.807, 2.05) is 36.4 Å². The molecule has 1 aromatic heterocycles. The number of hydrogen-bond donors (Lipinski definition) is 0. The summed E-state index contributed by atoms with van der Waals surface area (Å²) in [6.45, 7) is 4.79. The standard InChI is InChI=1S/C57H47NO3S/c1-36-31-40-33-37(2)34-41(32-36)57(40)49-20-8-10-24-54(49)62(59,60)55-35-43(29-30-50(55)57)58(51-21-11-14-38-13-3-4-16-45(38)51)42-27-25-39(26-28-42)44-15-5-6-17-46(44)47-19-12-23-53-56(47)48-18-7-9-22-52(48)61-53/h3-30,35-37,40-41H,31-34H2,1-2H3. The molecule has 2 heterocycles. The van der Waals surface area contributed by atoms with Crippen molar-refractivity contribution in [3.8, 4) is 22.3 Å². The molecule has 2 saturated carbocycles. The molecule has 8 aromatic carbocycles. The second-order valence-corrected chi connectivity index (χ2v) is 20.2. The van der Waals surface area contributed by atoms with E-state index in [0.717, 1.165) is 109 Å². The van der Waals surface area contributed by atoms with Gasteiger partial charge in [0.1, 0.15) is 11.2 Å². The minimum Gasteiger partial charge on any atom is -0.456 e. The molecular weight excluding hydrogens is 779 g/mol. The highest BCUT2D eigenvalue weighted by atomic mass is 32.2. The van der Waals surface area contributed by atoms with Crippen molar-refractivity contribution in [1.29, 1.82) is 0 Å². The van der Waals surface area contributed by atoms with Gasteiger partial charge in [0.25, 0.3) is 0 Å². The zero-order valence-electron chi connectivity index (χ0n) is 35.0. The predicted molar refractivity (Wildman–Crippen MR) is 253 cm³/mol. The van der Waals surface area contributed by atoms with Gasteiger partial charge in [0.2, 0.25) is 9.84 Å². The number of fused-ring (bicyclic) bond motifs is 6. The Morgan fingerprint density at radius 1 is 0.516 bits per heavy atom. The SMILES string of the molecule is CC1CC2CC(C)CC(C1)C21c2ccccc2S(=O)(=O)c2cc(N(c3ccc(-c4ccccc4-c4cccc5oc6ccccc6c45)cc3)c3cccc4ccccc34)ccc21. The van der Waals surface area contributed by atoms with Gasteiger partial charge in [-0.25, -0.2) is 8.42 Å². The number of anilines is 3. The molecule has 1 spiro atoms. The van der Waals surface area contributed by atoms with Crippen molar-refractivity contribution < 1.29 is 12.8 Å². The molecule has 2 fully saturated rings. The monoisotopic (exact) mass is 825 g/mol.